The summed E-state index contributed by atoms with van der Waals surface area (Å²) < 4.78 is 50.0. The lowest BCUT2D eigenvalue weighted by molar-refractivity contribution is -0.152. The summed E-state index contributed by atoms with van der Waals surface area (Å²) in [6, 6.07) is 9.03. The Hall–Kier alpha value is -2.96. The molecule has 7 heteroatoms. The van der Waals surface area contributed by atoms with Gasteiger partial charge in [0.25, 0.3) is 0 Å². The number of hydrogen-bond acceptors (Lipinski definition) is 4. The van der Waals surface area contributed by atoms with Crippen LogP contribution in [0.4, 0.5) is 13.2 Å². The number of alkyl halides is 3. The fourth-order valence-corrected chi connectivity index (χ4v) is 2.40. The lowest BCUT2D eigenvalue weighted by atomic mass is 10.0. The van der Waals surface area contributed by atoms with Crippen molar-refractivity contribution in [3.8, 4) is 22.6 Å². The van der Waals surface area contributed by atoms with E-state index in [1.54, 1.807) is 0 Å². The highest BCUT2D eigenvalue weighted by Gasteiger charge is 2.39. The van der Waals surface area contributed by atoms with Gasteiger partial charge < -0.3 is 14.3 Å². The molecule has 0 aliphatic rings. The van der Waals surface area contributed by atoms with Crippen LogP contribution in [0.1, 0.15) is 5.76 Å². The van der Waals surface area contributed by atoms with Gasteiger partial charge in [-0.05, 0) is 29.8 Å². The summed E-state index contributed by atoms with van der Waals surface area (Å²) in [5.74, 6) is -1.26. The molecule has 0 saturated heterocycles. The summed E-state index contributed by atoms with van der Waals surface area (Å²) >= 11 is 0. The molecule has 3 rings (SSSR count). The highest BCUT2D eigenvalue weighted by molar-refractivity contribution is 5.84. The molecular formula is C17H11F3O4. The topological polar surface area (TPSA) is 59.7 Å². The number of phenolic OH excluding ortho intramolecular Hbond substituents is 1. The number of halogens is 3. The minimum Gasteiger partial charge on any atom is -0.508 e. The summed E-state index contributed by atoms with van der Waals surface area (Å²) in [4.78, 5) is 12.6. The van der Waals surface area contributed by atoms with Crippen LogP contribution in [-0.4, -0.2) is 12.2 Å². The van der Waals surface area contributed by atoms with E-state index in [4.69, 9.17) is 9.15 Å². The van der Waals surface area contributed by atoms with E-state index in [-0.39, 0.29) is 22.3 Å². The van der Waals surface area contributed by atoms with Gasteiger partial charge in [0, 0.05) is 6.07 Å². The first-order valence-corrected chi connectivity index (χ1v) is 6.82. The fourth-order valence-electron chi connectivity index (χ4n) is 2.40. The third-order valence-corrected chi connectivity index (χ3v) is 3.51. The average molecular weight is 336 g/mol. The molecule has 0 aliphatic heterocycles. The molecule has 2 aromatic carbocycles. The number of aromatic hydroxyl groups is 1. The smallest absolute Gasteiger partial charge is 0.450 e. The second-order valence-electron chi connectivity index (χ2n) is 5.04. The molecule has 0 unspecified atom stereocenters. The van der Waals surface area contributed by atoms with Gasteiger partial charge in [0.05, 0.1) is 18.1 Å². The minimum absolute atomic E-state index is 0.0494. The SMILES string of the molecule is COc1ccc(-c2c(C(F)(F)F)oc3cc(O)ccc3c2=O)cc1. The average Bonchev–Trinajstić information content (AvgIpc) is 2.53. The summed E-state index contributed by atoms with van der Waals surface area (Å²) in [5, 5.41) is 9.35. The number of phenols is 1. The van der Waals surface area contributed by atoms with Crippen molar-refractivity contribution in [2.24, 2.45) is 0 Å². The molecule has 1 N–H and O–H groups in total. The highest BCUT2D eigenvalue weighted by atomic mass is 19.4. The van der Waals surface area contributed by atoms with Crippen LogP contribution >= 0.6 is 0 Å². The molecule has 0 amide bonds. The van der Waals surface area contributed by atoms with Crippen molar-refractivity contribution in [1.29, 1.82) is 0 Å². The summed E-state index contributed by atoms with van der Waals surface area (Å²) in [6.07, 6.45) is -4.87. The quantitative estimate of drug-likeness (QED) is 0.762. The maximum atomic E-state index is 13.4. The van der Waals surface area contributed by atoms with E-state index in [1.807, 2.05) is 0 Å². The monoisotopic (exact) mass is 336 g/mol. The maximum absolute atomic E-state index is 13.4. The van der Waals surface area contributed by atoms with E-state index in [9.17, 15) is 23.1 Å². The van der Waals surface area contributed by atoms with Crippen molar-refractivity contribution < 1.29 is 27.4 Å². The molecule has 124 valence electrons. The Morgan fingerprint density at radius 2 is 1.75 bits per heavy atom. The third kappa shape index (κ3) is 2.68. The van der Waals surface area contributed by atoms with Gasteiger partial charge in [-0.2, -0.15) is 13.2 Å². The zero-order valence-electron chi connectivity index (χ0n) is 12.3. The lowest BCUT2D eigenvalue weighted by Crippen LogP contribution is -2.16. The molecule has 0 radical (unpaired) electrons. The number of fused-ring (bicyclic) bond motifs is 1. The second-order valence-corrected chi connectivity index (χ2v) is 5.04. The largest absolute Gasteiger partial charge is 0.508 e. The molecule has 0 spiro atoms. The van der Waals surface area contributed by atoms with Gasteiger partial charge in [-0.15, -0.1) is 0 Å². The molecule has 3 aromatic rings. The summed E-state index contributed by atoms with van der Waals surface area (Å²) in [5.41, 5.74) is -1.67. The van der Waals surface area contributed by atoms with E-state index in [1.165, 1.54) is 43.5 Å². The Labute approximate surface area is 133 Å². The van der Waals surface area contributed by atoms with Crippen molar-refractivity contribution in [3.05, 3.63) is 58.4 Å². The van der Waals surface area contributed by atoms with Gasteiger partial charge >= 0.3 is 6.18 Å². The molecule has 0 fully saturated rings. The Kier molecular flexibility index (Phi) is 3.71. The third-order valence-electron chi connectivity index (χ3n) is 3.51. The van der Waals surface area contributed by atoms with E-state index >= 15 is 0 Å². The molecule has 0 saturated carbocycles. The van der Waals surface area contributed by atoms with Gasteiger partial charge in [-0.25, -0.2) is 0 Å². The summed E-state index contributed by atoms with van der Waals surface area (Å²) in [7, 11) is 1.42. The number of hydrogen-bond donors (Lipinski definition) is 1. The molecule has 24 heavy (non-hydrogen) atoms. The van der Waals surface area contributed by atoms with Crippen LogP contribution < -0.4 is 10.2 Å². The number of methoxy groups -OCH3 is 1. The first kappa shape index (κ1) is 15.9. The van der Waals surface area contributed by atoms with Gasteiger partial charge in [0.2, 0.25) is 11.2 Å². The summed E-state index contributed by atoms with van der Waals surface area (Å²) in [6.45, 7) is 0. The lowest BCUT2D eigenvalue weighted by Gasteiger charge is -2.13. The zero-order chi connectivity index (χ0) is 17.5. The number of benzene rings is 2. The van der Waals surface area contributed by atoms with Crippen LogP contribution in [0.2, 0.25) is 0 Å². The number of rotatable bonds is 2. The Morgan fingerprint density at radius 3 is 2.33 bits per heavy atom. The zero-order valence-corrected chi connectivity index (χ0v) is 12.3. The van der Waals surface area contributed by atoms with E-state index < -0.39 is 22.9 Å². The van der Waals surface area contributed by atoms with Gasteiger partial charge in [-0.3, -0.25) is 4.79 Å². The van der Waals surface area contributed by atoms with Crippen molar-refractivity contribution in [1.82, 2.24) is 0 Å². The molecular weight excluding hydrogens is 325 g/mol. The Balaban J connectivity index is 2.37. The van der Waals surface area contributed by atoms with Gasteiger partial charge in [-0.1, -0.05) is 12.1 Å². The van der Waals surface area contributed by atoms with Crippen molar-refractivity contribution in [2.45, 2.75) is 6.18 Å². The first-order chi connectivity index (χ1) is 11.3. The van der Waals surface area contributed by atoms with Crippen molar-refractivity contribution in [2.75, 3.05) is 7.11 Å². The second kappa shape index (κ2) is 5.59. The van der Waals surface area contributed by atoms with Gasteiger partial charge in [0.1, 0.15) is 17.1 Å². The Morgan fingerprint density at radius 1 is 1.08 bits per heavy atom. The van der Waals surface area contributed by atoms with Crippen LogP contribution in [-0.2, 0) is 6.18 Å². The molecule has 0 atom stereocenters. The van der Waals surface area contributed by atoms with Crippen LogP contribution in [0.25, 0.3) is 22.1 Å². The maximum Gasteiger partial charge on any atom is 0.450 e. The van der Waals surface area contributed by atoms with Crippen molar-refractivity contribution >= 4 is 11.0 Å². The Bertz CT molecular complexity index is 956. The van der Waals surface area contributed by atoms with Crippen molar-refractivity contribution in [3.63, 3.8) is 0 Å². The standard InChI is InChI=1S/C17H11F3O4/c1-23-11-5-2-9(3-6-11)14-15(22)12-7-4-10(21)8-13(12)24-16(14)17(18,19)20/h2-8,21H,1H3. The fraction of sp³-hybridized carbons (Fsp3) is 0.118. The molecule has 0 aliphatic carbocycles. The first-order valence-electron chi connectivity index (χ1n) is 6.82. The van der Waals surface area contributed by atoms with E-state index in [0.29, 0.717) is 5.75 Å². The molecule has 0 bridgehead atoms. The molecule has 1 heterocycles. The van der Waals surface area contributed by atoms with E-state index in [0.717, 1.165) is 6.07 Å². The van der Waals surface area contributed by atoms with Gasteiger partial charge in [0.15, 0.2) is 0 Å². The molecule has 1 aromatic heterocycles. The highest BCUT2D eigenvalue weighted by Crippen LogP contribution is 2.38. The van der Waals surface area contributed by atoms with Crippen LogP contribution in [0.5, 0.6) is 11.5 Å². The predicted molar refractivity (Wildman–Crippen MR) is 81.1 cm³/mol. The van der Waals surface area contributed by atoms with Crippen LogP contribution in [0, 0.1) is 0 Å². The van der Waals surface area contributed by atoms with Crippen LogP contribution in [0.3, 0.4) is 0 Å². The molecule has 4 nitrogen and oxygen atoms in total. The normalized spacial score (nSPS) is 11.7. The minimum atomic E-state index is -4.87. The number of ether oxygens (including phenoxy) is 1. The van der Waals surface area contributed by atoms with E-state index in [2.05, 4.69) is 0 Å². The predicted octanol–water partition coefficient (Wildman–Crippen LogP) is 4.19. The van der Waals surface area contributed by atoms with Crippen LogP contribution in [0.15, 0.2) is 51.7 Å².